The topological polar surface area (TPSA) is 29.3 Å². The highest BCUT2D eigenvalue weighted by Gasteiger charge is 2.27. The maximum Gasteiger partial charge on any atom is 0.142 e. The largest absolute Gasteiger partial charge is 0.330 e. The van der Waals surface area contributed by atoms with Crippen molar-refractivity contribution in [3.05, 3.63) is 34.6 Å². The molecule has 0 radical (unpaired) electrons. The van der Waals surface area contributed by atoms with Crippen molar-refractivity contribution < 1.29 is 4.39 Å². The number of halogens is 2. The summed E-state index contributed by atoms with van der Waals surface area (Å²) in [6.07, 6.45) is 1.13. The van der Waals surface area contributed by atoms with Crippen LogP contribution >= 0.6 is 11.6 Å². The minimum Gasteiger partial charge on any atom is -0.330 e. The van der Waals surface area contributed by atoms with Crippen molar-refractivity contribution >= 4 is 11.6 Å². The molecule has 1 aromatic rings. The molecule has 0 aromatic heterocycles. The van der Waals surface area contributed by atoms with E-state index in [9.17, 15) is 4.39 Å². The Hall–Kier alpha value is -0.640. The normalized spacial score (nSPS) is 25.4. The van der Waals surface area contributed by atoms with E-state index in [1.54, 1.807) is 6.07 Å². The van der Waals surface area contributed by atoms with Crippen molar-refractivity contribution in [3.8, 4) is 0 Å². The van der Waals surface area contributed by atoms with Gasteiger partial charge in [-0.15, -0.1) is 0 Å². The molecule has 0 amide bonds. The van der Waals surface area contributed by atoms with Crippen LogP contribution in [0.3, 0.4) is 0 Å². The molecule has 0 aliphatic carbocycles. The first-order valence-corrected chi connectivity index (χ1v) is 6.36. The molecular weight excluding hydrogens is 239 g/mol. The Morgan fingerprint density at radius 3 is 2.88 bits per heavy atom. The third kappa shape index (κ3) is 2.97. The zero-order valence-electron chi connectivity index (χ0n) is 10.00. The van der Waals surface area contributed by atoms with Gasteiger partial charge in [0, 0.05) is 19.1 Å². The molecule has 0 saturated carbocycles. The molecule has 17 heavy (non-hydrogen) atoms. The fourth-order valence-corrected chi connectivity index (χ4v) is 2.60. The van der Waals surface area contributed by atoms with Gasteiger partial charge in [0.1, 0.15) is 5.82 Å². The zero-order chi connectivity index (χ0) is 12.4. The summed E-state index contributed by atoms with van der Waals surface area (Å²) in [4.78, 5) is 2.35. The Morgan fingerprint density at radius 2 is 2.29 bits per heavy atom. The minimum atomic E-state index is -0.341. The van der Waals surface area contributed by atoms with Crippen LogP contribution in [-0.2, 0) is 6.54 Å². The van der Waals surface area contributed by atoms with Gasteiger partial charge in [0.2, 0.25) is 0 Å². The summed E-state index contributed by atoms with van der Waals surface area (Å²) in [6.45, 7) is 4.70. The summed E-state index contributed by atoms with van der Waals surface area (Å²) in [6, 6.07) is 5.54. The van der Waals surface area contributed by atoms with Gasteiger partial charge in [-0.3, -0.25) is 4.90 Å². The third-order valence-corrected chi connectivity index (χ3v) is 3.80. The van der Waals surface area contributed by atoms with Gasteiger partial charge >= 0.3 is 0 Å². The molecular formula is C13H18ClFN2. The molecule has 2 nitrogen and oxygen atoms in total. The summed E-state index contributed by atoms with van der Waals surface area (Å²) in [5.74, 6) is 0.230. The van der Waals surface area contributed by atoms with Crippen molar-refractivity contribution in [2.24, 2.45) is 11.7 Å². The van der Waals surface area contributed by atoms with Gasteiger partial charge in [0.25, 0.3) is 0 Å². The lowest BCUT2D eigenvalue weighted by molar-refractivity contribution is 0.255. The molecule has 1 heterocycles. The second-order valence-corrected chi connectivity index (χ2v) is 5.27. The molecule has 1 fully saturated rings. The monoisotopic (exact) mass is 256 g/mol. The maximum atomic E-state index is 13.3. The van der Waals surface area contributed by atoms with Gasteiger partial charge in [-0.1, -0.05) is 17.7 Å². The van der Waals surface area contributed by atoms with E-state index in [0.29, 0.717) is 12.0 Å². The van der Waals surface area contributed by atoms with Gasteiger partial charge in [0.15, 0.2) is 0 Å². The molecule has 1 aliphatic heterocycles. The van der Waals surface area contributed by atoms with E-state index in [1.807, 2.05) is 6.07 Å². The smallest absolute Gasteiger partial charge is 0.142 e. The van der Waals surface area contributed by atoms with E-state index < -0.39 is 0 Å². The predicted molar refractivity (Wildman–Crippen MR) is 68.4 cm³/mol. The van der Waals surface area contributed by atoms with E-state index in [-0.39, 0.29) is 10.8 Å². The molecule has 1 saturated heterocycles. The molecule has 4 heteroatoms. The Morgan fingerprint density at radius 1 is 1.53 bits per heavy atom. The SMILES string of the molecule is CC1CC(CN)CN1Cc1ccc(Cl)c(F)c1. The molecule has 1 aliphatic rings. The Bertz CT molecular complexity index is 397. The highest BCUT2D eigenvalue weighted by molar-refractivity contribution is 6.30. The van der Waals surface area contributed by atoms with E-state index in [1.165, 1.54) is 6.07 Å². The summed E-state index contributed by atoms with van der Waals surface area (Å²) in [7, 11) is 0. The van der Waals surface area contributed by atoms with Crippen LogP contribution in [0.1, 0.15) is 18.9 Å². The van der Waals surface area contributed by atoms with Gasteiger partial charge in [0.05, 0.1) is 5.02 Å². The molecule has 0 bridgehead atoms. The zero-order valence-corrected chi connectivity index (χ0v) is 10.8. The maximum absolute atomic E-state index is 13.3. The average molecular weight is 257 g/mol. The number of likely N-dealkylation sites (tertiary alicyclic amines) is 1. The summed E-state index contributed by atoms with van der Waals surface area (Å²) in [5, 5.41) is 0.183. The minimum absolute atomic E-state index is 0.183. The van der Waals surface area contributed by atoms with Crippen LogP contribution in [0.15, 0.2) is 18.2 Å². The fourth-order valence-electron chi connectivity index (χ4n) is 2.48. The van der Waals surface area contributed by atoms with Gasteiger partial charge in [-0.05, 0) is 43.5 Å². The van der Waals surface area contributed by atoms with Crippen LogP contribution in [0.5, 0.6) is 0 Å². The molecule has 1 aromatic carbocycles. The molecule has 0 spiro atoms. The first kappa shape index (κ1) is 12.8. The van der Waals surface area contributed by atoms with Gasteiger partial charge in [-0.25, -0.2) is 4.39 Å². The number of hydrogen-bond acceptors (Lipinski definition) is 2. The Balaban J connectivity index is 2.03. The van der Waals surface area contributed by atoms with Crippen molar-refractivity contribution in [1.82, 2.24) is 4.90 Å². The van der Waals surface area contributed by atoms with Crippen LogP contribution in [0.25, 0.3) is 0 Å². The highest BCUT2D eigenvalue weighted by atomic mass is 35.5. The molecule has 2 atom stereocenters. The molecule has 2 N–H and O–H groups in total. The second kappa shape index (κ2) is 5.34. The third-order valence-electron chi connectivity index (χ3n) is 3.49. The average Bonchev–Trinajstić information content (AvgIpc) is 2.65. The number of nitrogens with two attached hydrogens (primary N) is 1. The van der Waals surface area contributed by atoms with Gasteiger partial charge in [-0.2, -0.15) is 0 Å². The number of nitrogens with zero attached hydrogens (tertiary/aromatic N) is 1. The van der Waals surface area contributed by atoms with Crippen LogP contribution < -0.4 is 5.73 Å². The van der Waals surface area contributed by atoms with E-state index in [0.717, 1.165) is 31.6 Å². The lowest BCUT2D eigenvalue weighted by Crippen LogP contribution is -2.27. The van der Waals surface area contributed by atoms with Crippen molar-refractivity contribution in [2.75, 3.05) is 13.1 Å². The standard InChI is InChI=1S/C13H18ClFN2/c1-9-4-11(6-16)8-17(9)7-10-2-3-12(14)13(15)5-10/h2-3,5,9,11H,4,6-8,16H2,1H3. The van der Waals surface area contributed by atoms with Gasteiger partial charge < -0.3 is 5.73 Å². The van der Waals surface area contributed by atoms with Crippen molar-refractivity contribution in [2.45, 2.75) is 25.9 Å². The van der Waals surface area contributed by atoms with Crippen LogP contribution in [0, 0.1) is 11.7 Å². The first-order valence-electron chi connectivity index (χ1n) is 5.98. The number of hydrogen-bond donors (Lipinski definition) is 1. The molecule has 2 unspecified atom stereocenters. The quantitative estimate of drug-likeness (QED) is 0.901. The van der Waals surface area contributed by atoms with Crippen molar-refractivity contribution in [3.63, 3.8) is 0 Å². The van der Waals surface area contributed by atoms with E-state index in [2.05, 4.69) is 11.8 Å². The number of benzene rings is 1. The van der Waals surface area contributed by atoms with E-state index in [4.69, 9.17) is 17.3 Å². The van der Waals surface area contributed by atoms with Crippen LogP contribution in [0.4, 0.5) is 4.39 Å². The van der Waals surface area contributed by atoms with E-state index >= 15 is 0 Å². The lowest BCUT2D eigenvalue weighted by Gasteiger charge is -2.21. The fraction of sp³-hybridized carbons (Fsp3) is 0.538. The molecule has 2 rings (SSSR count). The Kier molecular flexibility index (Phi) is 4.02. The van der Waals surface area contributed by atoms with Crippen molar-refractivity contribution in [1.29, 1.82) is 0 Å². The summed E-state index contributed by atoms with van der Waals surface area (Å²) >= 11 is 5.67. The highest BCUT2D eigenvalue weighted by Crippen LogP contribution is 2.25. The van der Waals surface area contributed by atoms with Crippen LogP contribution in [-0.4, -0.2) is 24.0 Å². The van der Waals surface area contributed by atoms with Crippen LogP contribution in [0.2, 0.25) is 5.02 Å². The second-order valence-electron chi connectivity index (χ2n) is 4.86. The molecule has 94 valence electrons. The summed E-state index contributed by atoms with van der Waals surface area (Å²) < 4.78 is 13.3. The predicted octanol–water partition coefficient (Wildman–Crippen LogP) is 2.65. The first-order chi connectivity index (χ1) is 8.10. The Labute approximate surface area is 107 Å². The lowest BCUT2D eigenvalue weighted by atomic mass is 10.1. The summed E-state index contributed by atoms with van der Waals surface area (Å²) in [5.41, 5.74) is 6.66. The number of rotatable bonds is 3.